The Balaban J connectivity index is 2.15. The molecule has 5 heteroatoms. The van der Waals surface area contributed by atoms with Crippen LogP contribution in [0.15, 0.2) is 36.5 Å². The highest BCUT2D eigenvalue weighted by molar-refractivity contribution is 6.31. The van der Waals surface area contributed by atoms with E-state index in [9.17, 15) is 5.11 Å². The molecule has 0 aliphatic heterocycles. The monoisotopic (exact) mass is 383 g/mol. The number of aromatic nitrogens is 3. The summed E-state index contributed by atoms with van der Waals surface area (Å²) in [5.41, 5.74) is 5.60. The second-order valence-electron chi connectivity index (χ2n) is 6.90. The Hall–Kier alpha value is -2.33. The van der Waals surface area contributed by atoms with Gasteiger partial charge in [0.25, 0.3) is 0 Å². The van der Waals surface area contributed by atoms with Crippen molar-refractivity contribution in [2.24, 2.45) is 0 Å². The number of hydrogen-bond acceptors (Lipinski definition) is 3. The van der Waals surface area contributed by atoms with Gasteiger partial charge in [0.2, 0.25) is 0 Å². The fourth-order valence-corrected chi connectivity index (χ4v) is 3.52. The first kappa shape index (κ1) is 19.4. The Labute approximate surface area is 165 Å². The van der Waals surface area contributed by atoms with Crippen LogP contribution in [0.3, 0.4) is 0 Å². The molecule has 3 rings (SSSR count). The number of benzene rings is 2. The van der Waals surface area contributed by atoms with Gasteiger partial charge in [-0.1, -0.05) is 50.4 Å². The summed E-state index contributed by atoms with van der Waals surface area (Å²) in [6.45, 7) is 4.36. The number of phenolic OH excluding ortho intramolecular Hbond substituents is 1. The number of hydrogen-bond donors (Lipinski definition) is 2. The molecule has 0 saturated carbocycles. The lowest BCUT2D eigenvalue weighted by atomic mass is 9.91. The maximum Gasteiger partial charge on any atom is 0.126 e. The van der Waals surface area contributed by atoms with Crippen molar-refractivity contribution in [1.29, 1.82) is 0 Å². The first-order chi connectivity index (χ1) is 13.1. The maximum atomic E-state index is 11.0. The number of rotatable bonds is 8. The molecule has 0 unspecified atom stereocenters. The van der Waals surface area contributed by atoms with Crippen LogP contribution in [0.1, 0.15) is 50.7 Å². The van der Waals surface area contributed by atoms with E-state index in [1.165, 1.54) is 5.56 Å². The van der Waals surface area contributed by atoms with Gasteiger partial charge in [0.15, 0.2) is 0 Å². The molecular formula is C22H26ClN3O. The van der Waals surface area contributed by atoms with E-state index in [0.717, 1.165) is 60.8 Å². The average Bonchev–Trinajstić information content (AvgIpc) is 3.21. The lowest BCUT2D eigenvalue weighted by molar-refractivity contribution is 0.468. The third-order valence-corrected chi connectivity index (χ3v) is 5.07. The Bertz CT molecular complexity index is 891. The van der Waals surface area contributed by atoms with Gasteiger partial charge < -0.3 is 5.11 Å². The third-order valence-electron chi connectivity index (χ3n) is 4.83. The van der Waals surface area contributed by atoms with Crippen LogP contribution >= 0.6 is 11.6 Å². The Kier molecular flexibility index (Phi) is 6.51. The minimum absolute atomic E-state index is 0.357. The van der Waals surface area contributed by atoms with Gasteiger partial charge in [0.05, 0.1) is 6.20 Å². The molecule has 0 bridgehead atoms. The fraction of sp³-hybridized carbons (Fsp3) is 0.364. The van der Waals surface area contributed by atoms with E-state index >= 15 is 0 Å². The summed E-state index contributed by atoms with van der Waals surface area (Å²) in [5, 5.41) is 22.4. The molecule has 142 valence electrons. The molecule has 1 aromatic heterocycles. The maximum absolute atomic E-state index is 11.0. The van der Waals surface area contributed by atoms with E-state index in [1.54, 1.807) is 6.20 Å². The Morgan fingerprint density at radius 2 is 1.74 bits per heavy atom. The zero-order chi connectivity index (χ0) is 19.2. The molecule has 1 heterocycles. The van der Waals surface area contributed by atoms with E-state index in [2.05, 4.69) is 41.4 Å². The SMILES string of the molecule is CCCCc1cc(CCCC)c(O)c(-c2ccc(Cl)cc2-c2cn[nH]n2)c1. The van der Waals surface area contributed by atoms with Gasteiger partial charge in [-0.2, -0.15) is 15.4 Å². The Morgan fingerprint density at radius 3 is 2.44 bits per heavy atom. The zero-order valence-corrected chi connectivity index (χ0v) is 16.7. The van der Waals surface area contributed by atoms with Crippen LogP contribution in [-0.4, -0.2) is 20.5 Å². The molecule has 0 atom stereocenters. The van der Waals surface area contributed by atoms with Crippen LogP contribution in [-0.2, 0) is 12.8 Å². The van der Waals surface area contributed by atoms with E-state index < -0.39 is 0 Å². The van der Waals surface area contributed by atoms with Crippen molar-refractivity contribution >= 4 is 11.6 Å². The van der Waals surface area contributed by atoms with Crippen molar-refractivity contribution in [2.45, 2.75) is 52.4 Å². The van der Waals surface area contributed by atoms with Crippen LogP contribution in [0.4, 0.5) is 0 Å². The van der Waals surface area contributed by atoms with Crippen LogP contribution in [0, 0.1) is 0 Å². The predicted molar refractivity (Wildman–Crippen MR) is 111 cm³/mol. The van der Waals surface area contributed by atoms with E-state index in [-0.39, 0.29) is 0 Å². The van der Waals surface area contributed by atoms with Gasteiger partial charge in [-0.05, 0) is 60.6 Å². The van der Waals surface area contributed by atoms with Gasteiger partial charge in [0, 0.05) is 16.1 Å². The smallest absolute Gasteiger partial charge is 0.126 e. The second kappa shape index (κ2) is 9.05. The second-order valence-corrected chi connectivity index (χ2v) is 7.34. The number of nitrogens with one attached hydrogen (secondary N) is 1. The summed E-state index contributed by atoms with van der Waals surface area (Å²) >= 11 is 6.24. The molecule has 0 aliphatic rings. The minimum atomic E-state index is 0.357. The highest BCUT2D eigenvalue weighted by Crippen LogP contribution is 2.40. The highest BCUT2D eigenvalue weighted by atomic mass is 35.5. The quantitative estimate of drug-likeness (QED) is 0.488. The normalized spacial score (nSPS) is 11.1. The average molecular weight is 384 g/mol. The summed E-state index contributed by atoms with van der Waals surface area (Å²) in [4.78, 5) is 0. The van der Waals surface area contributed by atoms with E-state index in [4.69, 9.17) is 11.6 Å². The molecule has 2 aromatic carbocycles. The molecule has 3 aromatic rings. The summed E-state index contributed by atoms with van der Waals surface area (Å²) < 4.78 is 0. The van der Waals surface area contributed by atoms with Gasteiger partial charge >= 0.3 is 0 Å². The number of unbranched alkanes of at least 4 members (excludes halogenated alkanes) is 2. The molecule has 2 N–H and O–H groups in total. The van der Waals surface area contributed by atoms with Gasteiger partial charge in [-0.25, -0.2) is 0 Å². The zero-order valence-electron chi connectivity index (χ0n) is 15.9. The number of nitrogens with zero attached hydrogens (tertiary/aromatic N) is 2. The number of H-pyrrole nitrogens is 1. The lowest BCUT2D eigenvalue weighted by Crippen LogP contribution is -1.95. The molecule has 27 heavy (non-hydrogen) atoms. The van der Waals surface area contributed by atoms with Gasteiger partial charge in [-0.15, -0.1) is 0 Å². The van der Waals surface area contributed by atoms with Crippen LogP contribution < -0.4 is 0 Å². The first-order valence-electron chi connectivity index (χ1n) is 9.64. The van der Waals surface area contributed by atoms with E-state index in [1.807, 2.05) is 18.2 Å². The summed E-state index contributed by atoms with van der Waals surface area (Å²) in [5.74, 6) is 0.357. The minimum Gasteiger partial charge on any atom is -0.507 e. The highest BCUT2D eigenvalue weighted by Gasteiger charge is 2.17. The van der Waals surface area contributed by atoms with Crippen LogP contribution in [0.5, 0.6) is 5.75 Å². The molecule has 0 spiro atoms. The van der Waals surface area contributed by atoms with Crippen molar-refractivity contribution in [3.05, 3.63) is 52.7 Å². The standard InChI is InChI=1S/C22H26ClN3O/c1-3-5-7-15-11-16(8-6-4-2)22(27)20(12-15)18-10-9-17(23)13-19(18)21-14-24-26-25-21/h9-14,27H,3-8H2,1-2H3,(H,24,25,26). The van der Waals surface area contributed by atoms with Crippen molar-refractivity contribution in [3.63, 3.8) is 0 Å². The van der Waals surface area contributed by atoms with E-state index in [0.29, 0.717) is 16.5 Å². The molecule has 0 aliphatic carbocycles. The largest absolute Gasteiger partial charge is 0.507 e. The number of halogens is 1. The molecule has 0 fully saturated rings. The lowest BCUT2D eigenvalue weighted by Gasteiger charge is -2.16. The predicted octanol–water partition coefficient (Wildman–Crippen LogP) is 6.18. The first-order valence-corrected chi connectivity index (χ1v) is 10.0. The number of aromatic hydroxyl groups is 1. The fourth-order valence-electron chi connectivity index (χ4n) is 3.34. The van der Waals surface area contributed by atoms with Gasteiger partial charge in [0.1, 0.15) is 11.4 Å². The van der Waals surface area contributed by atoms with Crippen LogP contribution in [0.25, 0.3) is 22.4 Å². The molecule has 0 radical (unpaired) electrons. The molecule has 0 amide bonds. The topological polar surface area (TPSA) is 61.8 Å². The summed E-state index contributed by atoms with van der Waals surface area (Å²) in [7, 11) is 0. The molecule has 0 saturated heterocycles. The van der Waals surface area contributed by atoms with Crippen LogP contribution in [0.2, 0.25) is 5.02 Å². The van der Waals surface area contributed by atoms with Crippen molar-refractivity contribution in [3.8, 4) is 28.1 Å². The van der Waals surface area contributed by atoms with Gasteiger partial charge in [-0.3, -0.25) is 0 Å². The third kappa shape index (κ3) is 4.51. The summed E-state index contributed by atoms with van der Waals surface area (Å²) in [6.07, 6.45) is 7.99. The number of aryl methyl sites for hydroxylation is 2. The van der Waals surface area contributed by atoms with Crippen molar-refractivity contribution in [1.82, 2.24) is 15.4 Å². The Morgan fingerprint density at radius 1 is 0.963 bits per heavy atom. The molecule has 4 nitrogen and oxygen atoms in total. The molecular weight excluding hydrogens is 358 g/mol. The summed E-state index contributed by atoms with van der Waals surface area (Å²) in [6, 6.07) is 9.95. The van der Waals surface area contributed by atoms with Crippen molar-refractivity contribution in [2.75, 3.05) is 0 Å². The van der Waals surface area contributed by atoms with Crippen molar-refractivity contribution < 1.29 is 5.11 Å². The number of aromatic amines is 1. The number of phenols is 1.